The van der Waals surface area contributed by atoms with E-state index in [1.165, 1.54) is 31.2 Å². The first kappa shape index (κ1) is 12.6. The Bertz CT molecular complexity index is 411. The van der Waals surface area contributed by atoms with E-state index in [0.717, 1.165) is 29.1 Å². The lowest BCUT2D eigenvalue weighted by molar-refractivity contribution is 0.166. The van der Waals surface area contributed by atoms with Gasteiger partial charge in [0.15, 0.2) is 0 Å². The summed E-state index contributed by atoms with van der Waals surface area (Å²) in [5.74, 6) is 0. The summed E-state index contributed by atoms with van der Waals surface area (Å²) < 4.78 is 1.07. The Morgan fingerprint density at radius 3 is 2.72 bits per heavy atom. The quantitative estimate of drug-likeness (QED) is 0.930. The number of piperidine rings is 1. The molecule has 3 rings (SSSR count). The SMILES string of the molecule is CN(Cc1cncc(Br)c1)C1CC2CCC(C1)N2. The van der Waals surface area contributed by atoms with Gasteiger partial charge >= 0.3 is 0 Å². The van der Waals surface area contributed by atoms with Crippen LogP contribution in [0.4, 0.5) is 0 Å². The van der Waals surface area contributed by atoms with Crippen LogP contribution in [0.15, 0.2) is 22.9 Å². The van der Waals surface area contributed by atoms with Crippen LogP contribution >= 0.6 is 15.9 Å². The van der Waals surface area contributed by atoms with Crippen molar-refractivity contribution in [2.75, 3.05) is 7.05 Å². The Balaban J connectivity index is 1.63. The molecular weight excluding hydrogens is 290 g/mol. The van der Waals surface area contributed by atoms with Gasteiger partial charge in [0.25, 0.3) is 0 Å². The average molecular weight is 310 g/mol. The summed E-state index contributed by atoms with van der Waals surface area (Å²) in [6, 6.07) is 4.41. The molecular formula is C14H20BrN3. The van der Waals surface area contributed by atoms with Gasteiger partial charge in [0, 0.05) is 41.5 Å². The van der Waals surface area contributed by atoms with Crippen molar-refractivity contribution in [1.82, 2.24) is 15.2 Å². The van der Waals surface area contributed by atoms with Gasteiger partial charge in [0.2, 0.25) is 0 Å². The largest absolute Gasteiger partial charge is 0.311 e. The van der Waals surface area contributed by atoms with Gasteiger partial charge in [-0.25, -0.2) is 0 Å². The van der Waals surface area contributed by atoms with Crippen molar-refractivity contribution < 1.29 is 0 Å². The molecule has 3 heterocycles. The van der Waals surface area contributed by atoms with Gasteiger partial charge in [-0.15, -0.1) is 0 Å². The second-order valence-electron chi connectivity index (χ2n) is 5.69. The molecule has 0 saturated carbocycles. The molecule has 2 aliphatic rings. The van der Waals surface area contributed by atoms with Crippen LogP contribution < -0.4 is 5.32 Å². The summed E-state index contributed by atoms with van der Waals surface area (Å²) in [6.07, 6.45) is 9.15. The molecule has 4 heteroatoms. The molecule has 2 saturated heterocycles. The van der Waals surface area contributed by atoms with Gasteiger partial charge in [0.1, 0.15) is 0 Å². The van der Waals surface area contributed by atoms with E-state index in [-0.39, 0.29) is 0 Å². The van der Waals surface area contributed by atoms with E-state index in [4.69, 9.17) is 0 Å². The Hall–Kier alpha value is -0.450. The summed E-state index contributed by atoms with van der Waals surface area (Å²) in [4.78, 5) is 6.73. The standard InChI is InChI=1S/C14H20BrN3/c1-18(9-10-4-11(15)8-16-7-10)14-5-12-2-3-13(6-14)17-12/h4,7-8,12-14,17H,2-3,5-6,9H2,1H3. The van der Waals surface area contributed by atoms with Crippen LogP contribution in [-0.4, -0.2) is 35.1 Å². The Morgan fingerprint density at radius 2 is 2.06 bits per heavy atom. The number of nitrogens with one attached hydrogen (secondary N) is 1. The number of fused-ring (bicyclic) bond motifs is 2. The highest BCUT2D eigenvalue weighted by atomic mass is 79.9. The summed E-state index contributed by atoms with van der Waals surface area (Å²) in [5, 5.41) is 3.70. The molecule has 2 atom stereocenters. The second-order valence-corrected chi connectivity index (χ2v) is 6.61. The zero-order valence-electron chi connectivity index (χ0n) is 10.8. The first-order chi connectivity index (χ1) is 8.70. The fourth-order valence-electron chi connectivity index (χ4n) is 3.35. The molecule has 1 aromatic heterocycles. The summed E-state index contributed by atoms with van der Waals surface area (Å²) in [7, 11) is 2.25. The van der Waals surface area contributed by atoms with Crippen molar-refractivity contribution in [2.45, 2.75) is 50.4 Å². The number of nitrogens with zero attached hydrogens (tertiary/aromatic N) is 2. The Labute approximate surface area is 117 Å². The number of hydrogen-bond acceptors (Lipinski definition) is 3. The van der Waals surface area contributed by atoms with Gasteiger partial charge in [-0.1, -0.05) is 0 Å². The molecule has 0 radical (unpaired) electrons. The highest BCUT2D eigenvalue weighted by Crippen LogP contribution is 2.29. The van der Waals surface area contributed by atoms with E-state index in [9.17, 15) is 0 Å². The minimum Gasteiger partial charge on any atom is -0.311 e. The molecule has 18 heavy (non-hydrogen) atoms. The molecule has 2 bridgehead atoms. The van der Waals surface area contributed by atoms with Crippen LogP contribution in [0, 0.1) is 0 Å². The molecule has 1 aromatic rings. The molecule has 3 nitrogen and oxygen atoms in total. The lowest BCUT2D eigenvalue weighted by Gasteiger charge is -2.35. The highest BCUT2D eigenvalue weighted by molar-refractivity contribution is 9.10. The summed E-state index contributed by atoms with van der Waals surface area (Å²) in [6.45, 7) is 0.997. The van der Waals surface area contributed by atoms with E-state index in [0.29, 0.717) is 0 Å². The van der Waals surface area contributed by atoms with E-state index < -0.39 is 0 Å². The normalized spacial score (nSPS) is 30.9. The minimum absolute atomic E-state index is 0.725. The van der Waals surface area contributed by atoms with Crippen LogP contribution in [0.3, 0.4) is 0 Å². The monoisotopic (exact) mass is 309 g/mol. The van der Waals surface area contributed by atoms with Crippen LogP contribution in [0.25, 0.3) is 0 Å². The fourth-order valence-corrected chi connectivity index (χ4v) is 3.76. The van der Waals surface area contributed by atoms with Crippen LogP contribution in [-0.2, 0) is 6.54 Å². The third-order valence-electron chi connectivity index (χ3n) is 4.27. The third-order valence-corrected chi connectivity index (χ3v) is 4.70. The maximum atomic E-state index is 4.24. The number of hydrogen-bond donors (Lipinski definition) is 1. The van der Waals surface area contributed by atoms with Crippen molar-refractivity contribution in [3.63, 3.8) is 0 Å². The first-order valence-electron chi connectivity index (χ1n) is 6.76. The van der Waals surface area contributed by atoms with E-state index >= 15 is 0 Å². The first-order valence-corrected chi connectivity index (χ1v) is 7.56. The van der Waals surface area contributed by atoms with Gasteiger partial charge in [0.05, 0.1) is 0 Å². The molecule has 1 N–H and O–H groups in total. The van der Waals surface area contributed by atoms with Crippen molar-refractivity contribution >= 4 is 15.9 Å². The third kappa shape index (κ3) is 2.76. The zero-order chi connectivity index (χ0) is 12.5. The highest BCUT2D eigenvalue weighted by Gasteiger charge is 2.34. The van der Waals surface area contributed by atoms with Crippen LogP contribution in [0.2, 0.25) is 0 Å². The average Bonchev–Trinajstić information content (AvgIpc) is 2.68. The van der Waals surface area contributed by atoms with Crippen molar-refractivity contribution in [2.24, 2.45) is 0 Å². The van der Waals surface area contributed by atoms with Gasteiger partial charge in [-0.2, -0.15) is 0 Å². The lowest BCUT2D eigenvalue weighted by Crippen LogP contribution is -2.46. The lowest BCUT2D eigenvalue weighted by atomic mass is 9.98. The number of pyridine rings is 1. The number of rotatable bonds is 3. The maximum absolute atomic E-state index is 4.24. The van der Waals surface area contributed by atoms with E-state index in [2.05, 4.69) is 44.2 Å². The molecule has 2 unspecified atom stereocenters. The van der Waals surface area contributed by atoms with Crippen LogP contribution in [0.5, 0.6) is 0 Å². The molecule has 0 spiro atoms. The molecule has 2 fully saturated rings. The molecule has 0 amide bonds. The van der Waals surface area contributed by atoms with Gasteiger partial charge in [-0.05, 0) is 60.3 Å². The van der Waals surface area contributed by atoms with E-state index in [1.807, 2.05) is 12.4 Å². The predicted octanol–water partition coefficient (Wildman–Crippen LogP) is 2.56. The van der Waals surface area contributed by atoms with Crippen molar-refractivity contribution in [1.29, 1.82) is 0 Å². The summed E-state index contributed by atoms with van der Waals surface area (Å²) >= 11 is 3.49. The molecule has 98 valence electrons. The summed E-state index contributed by atoms with van der Waals surface area (Å²) in [5.41, 5.74) is 1.29. The number of halogens is 1. The molecule has 0 aliphatic carbocycles. The smallest absolute Gasteiger partial charge is 0.0410 e. The predicted molar refractivity (Wildman–Crippen MR) is 76.4 cm³/mol. The minimum atomic E-state index is 0.725. The molecule has 2 aliphatic heterocycles. The second kappa shape index (κ2) is 5.27. The fraction of sp³-hybridized carbons (Fsp3) is 0.643. The Morgan fingerprint density at radius 1 is 1.33 bits per heavy atom. The molecule has 0 aromatic carbocycles. The van der Waals surface area contributed by atoms with Gasteiger partial charge in [-0.3, -0.25) is 9.88 Å². The zero-order valence-corrected chi connectivity index (χ0v) is 12.4. The number of aromatic nitrogens is 1. The van der Waals surface area contributed by atoms with Gasteiger partial charge < -0.3 is 5.32 Å². The van der Waals surface area contributed by atoms with E-state index in [1.54, 1.807) is 0 Å². The van der Waals surface area contributed by atoms with Crippen LogP contribution in [0.1, 0.15) is 31.2 Å². The van der Waals surface area contributed by atoms with Crippen molar-refractivity contribution in [3.05, 3.63) is 28.5 Å². The topological polar surface area (TPSA) is 28.2 Å². The maximum Gasteiger partial charge on any atom is 0.0410 e. The Kier molecular flexibility index (Phi) is 3.68. The van der Waals surface area contributed by atoms with Crippen molar-refractivity contribution in [3.8, 4) is 0 Å².